The summed E-state index contributed by atoms with van der Waals surface area (Å²) in [6.07, 6.45) is 56.4. The average Bonchev–Trinajstić information content (AvgIpc) is 3.61. The molecular formula is C44H85ClO2. The van der Waals surface area contributed by atoms with E-state index in [0.717, 1.165) is 25.5 Å². The Morgan fingerprint density at radius 1 is 0.383 bits per heavy atom. The highest BCUT2D eigenvalue weighted by Crippen LogP contribution is 2.16. The molecule has 1 fully saturated rings. The van der Waals surface area contributed by atoms with Crippen molar-refractivity contribution in [3.05, 3.63) is 24.3 Å². The van der Waals surface area contributed by atoms with Crippen molar-refractivity contribution in [1.82, 2.24) is 0 Å². The molecule has 0 saturated carbocycles. The lowest BCUT2D eigenvalue weighted by Crippen LogP contribution is -2.06. The molecule has 0 aliphatic carbocycles. The van der Waals surface area contributed by atoms with Crippen LogP contribution in [0.5, 0.6) is 0 Å². The van der Waals surface area contributed by atoms with Gasteiger partial charge in [-0.15, -0.1) is 11.6 Å². The largest absolute Gasteiger partial charge is 0.350 e. The predicted octanol–water partition coefficient (Wildman–Crippen LogP) is 16.0. The minimum atomic E-state index is 0.101. The standard InChI is InChI=1S/C38H71ClO2.C6H14/c39-35-33-31-29-27-25-23-21-19-17-15-13-11-9-7-5-3-1-2-4-6-8-10-12-14-16-18-20-22-24-26-28-30-32-34-38-40-36-37-41-38;1-3-5-6-4-2/h10,12-13,15,38H,1-9,11,14,16-37H2;3-6H2,1-2H3. The molecule has 2 nitrogen and oxygen atoms in total. The van der Waals surface area contributed by atoms with Crippen molar-refractivity contribution in [2.45, 2.75) is 238 Å². The zero-order valence-corrected chi connectivity index (χ0v) is 33.0. The smallest absolute Gasteiger partial charge is 0.157 e. The Balaban J connectivity index is 0.00000320. The maximum Gasteiger partial charge on any atom is 0.157 e. The quantitative estimate of drug-likeness (QED) is 0.0372. The van der Waals surface area contributed by atoms with Crippen LogP contribution in [0, 0.1) is 0 Å². The van der Waals surface area contributed by atoms with E-state index in [9.17, 15) is 0 Å². The number of alkyl halides is 1. The van der Waals surface area contributed by atoms with E-state index in [0.29, 0.717) is 0 Å². The van der Waals surface area contributed by atoms with Gasteiger partial charge >= 0.3 is 0 Å². The second-order valence-corrected chi connectivity index (χ2v) is 14.7. The van der Waals surface area contributed by atoms with Gasteiger partial charge in [0.25, 0.3) is 0 Å². The fourth-order valence-corrected chi connectivity index (χ4v) is 6.55. The zero-order chi connectivity index (χ0) is 34.0. The van der Waals surface area contributed by atoms with Gasteiger partial charge in [0.15, 0.2) is 6.29 Å². The molecule has 1 saturated heterocycles. The minimum Gasteiger partial charge on any atom is -0.350 e. The van der Waals surface area contributed by atoms with Gasteiger partial charge in [-0.1, -0.05) is 186 Å². The molecule has 0 aromatic rings. The normalized spacial score (nSPS) is 13.7. The molecule has 3 heteroatoms. The van der Waals surface area contributed by atoms with Crippen molar-refractivity contribution in [2.24, 2.45) is 0 Å². The Bertz CT molecular complexity index is 594. The van der Waals surface area contributed by atoms with Crippen molar-refractivity contribution in [1.29, 1.82) is 0 Å². The first-order chi connectivity index (χ1) is 23.3. The Kier molecular flexibility index (Phi) is 43.4. The van der Waals surface area contributed by atoms with E-state index >= 15 is 0 Å². The number of rotatable bonds is 36. The van der Waals surface area contributed by atoms with Gasteiger partial charge in [0, 0.05) is 5.88 Å². The Morgan fingerprint density at radius 2 is 0.660 bits per heavy atom. The molecule has 0 aromatic heterocycles. The van der Waals surface area contributed by atoms with Crippen molar-refractivity contribution in [3.63, 3.8) is 0 Å². The van der Waals surface area contributed by atoms with Crippen LogP contribution < -0.4 is 0 Å². The first-order valence-electron chi connectivity index (χ1n) is 21.4. The number of hydrogen-bond donors (Lipinski definition) is 0. The van der Waals surface area contributed by atoms with Gasteiger partial charge in [0.2, 0.25) is 0 Å². The summed E-state index contributed by atoms with van der Waals surface area (Å²) in [5.74, 6) is 0.835. The highest BCUT2D eigenvalue weighted by atomic mass is 35.5. The van der Waals surface area contributed by atoms with Gasteiger partial charge < -0.3 is 9.47 Å². The van der Waals surface area contributed by atoms with E-state index in [1.165, 1.54) is 212 Å². The van der Waals surface area contributed by atoms with Crippen LogP contribution in [-0.2, 0) is 9.47 Å². The summed E-state index contributed by atoms with van der Waals surface area (Å²) in [6.45, 7) is 6.04. The van der Waals surface area contributed by atoms with Gasteiger partial charge in [-0.2, -0.15) is 0 Å². The van der Waals surface area contributed by atoms with Crippen molar-refractivity contribution in [3.8, 4) is 0 Å². The lowest BCUT2D eigenvalue weighted by molar-refractivity contribution is -0.0480. The summed E-state index contributed by atoms with van der Waals surface area (Å²) in [4.78, 5) is 0. The van der Waals surface area contributed by atoms with E-state index in [2.05, 4.69) is 38.2 Å². The van der Waals surface area contributed by atoms with Gasteiger partial charge in [0.05, 0.1) is 13.2 Å². The molecule has 0 spiro atoms. The summed E-state index contributed by atoms with van der Waals surface area (Å²) in [5.41, 5.74) is 0. The molecule has 1 rings (SSSR count). The molecule has 0 amide bonds. The second-order valence-electron chi connectivity index (χ2n) is 14.3. The third-order valence-corrected chi connectivity index (χ3v) is 9.81. The molecule has 0 radical (unpaired) electrons. The number of halogens is 1. The average molecular weight is 682 g/mol. The first-order valence-corrected chi connectivity index (χ1v) is 22.0. The summed E-state index contributed by atoms with van der Waals surface area (Å²) in [7, 11) is 0. The topological polar surface area (TPSA) is 18.5 Å². The molecule has 0 bridgehead atoms. The molecule has 0 unspecified atom stereocenters. The zero-order valence-electron chi connectivity index (χ0n) is 32.2. The minimum absolute atomic E-state index is 0.101. The van der Waals surface area contributed by atoms with E-state index in [1.54, 1.807) is 0 Å². The molecule has 1 aliphatic rings. The van der Waals surface area contributed by atoms with E-state index in [-0.39, 0.29) is 6.29 Å². The van der Waals surface area contributed by atoms with Crippen LogP contribution in [0.25, 0.3) is 0 Å². The maximum absolute atomic E-state index is 5.72. The van der Waals surface area contributed by atoms with Crippen molar-refractivity contribution >= 4 is 11.6 Å². The first kappa shape index (κ1) is 46.7. The molecule has 1 aliphatic heterocycles. The SMILES string of the molecule is CCCCCC.ClCCCCCCCCCCC=CCCCCCCCCCCC=CCCCCCCCCCCCC1OCCO1. The van der Waals surface area contributed by atoms with Crippen LogP contribution in [0.1, 0.15) is 232 Å². The highest BCUT2D eigenvalue weighted by Gasteiger charge is 2.14. The second kappa shape index (κ2) is 43.7. The predicted molar refractivity (Wildman–Crippen MR) is 213 cm³/mol. The molecular weight excluding hydrogens is 596 g/mol. The van der Waals surface area contributed by atoms with Crippen molar-refractivity contribution in [2.75, 3.05) is 19.1 Å². The monoisotopic (exact) mass is 681 g/mol. The number of ether oxygens (including phenoxy) is 2. The van der Waals surface area contributed by atoms with Crippen LogP contribution in [0.2, 0.25) is 0 Å². The van der Waals surface area contributed by atoms with Gasteiger partial charge in [-0.25, -0.2) is 0 Å². The fourth-order valence-electron chi connectivity index (χ4n) is 6.36. The van der Waals surface area contributed by atoms with Gasteiger partial charge in [0.1, 0.15) is 0 Å². The lowest BCUT2D eigenvalue weighted by atomic mass is 10.0. The van der Waals surface area contributed by atoms with Gasteiger partial charge in [-0.3, -0.25) is 0 Å². The summed E-state index contributed by atoms with van der Waals surface area (Å²) >= 11 is 5.72. The third-order valence-electron chi connectivity index (χ3n) is 9.54. The summed E-state index contributed by atoms with van der Waals surface area (Å²) < 4.78 is 11.0. The Hall–Kier alpha value is -0.310. The van der Waals surface area contributed by atoms with Crippen LogP contribution in [-0.4, -0.2) is 25.4 Å². The van der Waals surface area contributed by atoms with Crippen LogP contribution >= 0.6 is 11.6 Å². The molecule has 1 heterocycles. The molecule has 0 N–H and O–H groups in total. The van der Waals surface area contributed by atoms with E-state index in [4.69, 9.17) is 21.1 Å². The number of allylic oxidation sites excluding steroid dienone is 4. The van der Waals surface area contributed by atoms with Gasteiger partial charge in [-0.05, 0) is 70.6 Å². The van der Waals surface area contributed by atoms with E-state index in [1.807, 2.05) is 0 Å². The molecule has 0 atom stereocenters. The van der Waals surface area contributed by atoms with Crippen LogP contribution in [0.15, 0.2) is 24.3 Å². The Labute approximate surface area is 302 Å². The van der Waals surface area contributed by atoms with E-state index < -0.39 is 0 Å². The van der Waals surface area contributed by atoms with Crippen LogP contribution in [0.4, 0.5) is 0 Å². The molecule has 280 valence electrons. The molecule has 47 heavy (non-hydrogen) atoms. The maximum atomic E-state index is 5.72. The highest BCUT2D eigenvalue weighted by molar-refractivity contribution is 6.17. The van der Waals surface area contributed by atoms with Crippen molar-refractivity contribution < 1.29 is 9.47 Å². The number of hydrogen-bond acceptors (Lipinski definition) is 2. The molecule has 0 aromatic carbocycles. The third kappa shape index (κ3) is 41.8. The lowest BCUT2D eigenvalue weighted by Gasteiger charge is -2.08. The van der Waals surface area contributed by atoms with Crippen LogP contribution in [0.3, 0.4) is 0 Å². The summed E-state index contributed by atoms with van der Waals surface area (Å²) in [5, 5.41) is 0. The number of unbranched alkanes of at least 4 members (excludes halogenated alkanes) is 29. The fraction of sp³-hybridized carbons (Fsp3) is 0.909. The Morgan fingerprint density at radius 3 is 0.957 bits per heavy atom. The summed E-state index contributed by atoms with van der Waals surface area (Å²) in [6, 6.07) is 0.